The second-order valence-electron chi connectivity index (χ2n) is 3.88. The first-order chi connectivity index (χ1) is 6.59. The van der Waals surface area contributed by atoms with Gasteiger partial charge in [0.2, 0.25) is 0 Å². The van der Waals surface area contributed by atoms with Crippen LogP contribution in [-0.2, 0) is 4.79 Å². The predicted molar refractivity (Wildman–Crippen MR) is 49.8 cm³/mol. The summed E-state index contributed by atoms with van der Waals surface area (Å²) in [5.74, 6) is 1.25. The molecule has 4 nitrogen and oxygen atoms in total. The van der Waals surface area contributed by atoms with Crippen molar-refractivity contribution in [2.24, 2.45) is 11.7 Å². The van der Waals surface area contributed by atoms with Gasteiger partial charge in [0.05, 0.1) is 0 Å². The highest BCUT2D eigenvalue weighted by molar-refractivity contribution is 5.74. The summed E-state index contributed by atoms with van der Waals surface area (Å²) in [5.41, 5.74) is 5.41. The van der Waals surface area contributed by atoms with Crippen LogP contribution >= 0.6 is 0 Å². The zero-order chi connectivity index (χ0) is 10.3. The molecule has 1 aromatic rings. The van der Waals surface area contributed by atoms with E-state index in [2.05, 4.69) is 6.92 Å². The van der Waals surface area contributed by atoms with E-state index in [1.807, 2.05) is 6.07 Å². The summed E-state index contributed by atoms with van der Waals surface area (Å²) >= 11 is 0. The van der Waals surface area contributed by atoms with Crippen molar-refractivity contribution in [1.29, 1.82) is 0 Å². The van der Waals surface area contributed by atoms with E-state index in [4.69, 9.17) is 15.3 Å². The standard InChI is InChI=1S/C10H13NO3/c1-5-4-6(5)7-2-3-8(14-7)9(11)10(12)13/h2-3,5-6,9H,4,11H2,1H3,(H,12,13). The molecule has 1 aromatic heterocycles. The van der Waals surface area contributed by atoms with Crippen molar-refractivity contribution in [2.45, 2.75) is 25.3 Å². The fourth-order valence-electron chi connectivity index (χ4n) is 1.58. The van der Waals surface area contributed by atoms with Crippen molar-refractivity contribution >= 4 is 5.97 Å². The van der Waals surface area contributed by atoms with Gasteiger partial charge in [-0.3, -0.25) is 4.79 Å². The molecular formula is C10H13NO3. The second kappa shape index (κ2) is 3.13. The molecule has 0 aliphatic heterocycles. The smallest absolute Gasteiger partial charge is 0.328 e. The first kappa shape index (κ1) is 9.27. The third-order valence-corrected chi connectivity index (χ3v) is 2.70. The van der Waals surface area contributed by atoms with Gasteiger partial charge in [0, 0.05) is 5.92 Å². The Labute approximate surface area is 81.7 Å². The summed E-state index contributed by atoms with van der Waals surface area (Å²) in [7, 11) is 0. The van der Waals surface area contributed by atoms with Gasteiger partial charge in [0.15, 0.2) is 6.04 Å². The molecule has 3 N–H and O–H groups in total. The summed E-state index contributed by atoms with van der Waals surface area (Å²) in [4.78, 5) is 10.6. The Morgan fingerprint density at radius 3 is 2.86 bits per heavy atom. The molecule has 3 atom stereocenters. The number of nitrogens with two attached hydrogens (primary N) is 1. The molecule has 0 radical (unpaired) electrons. The Hall–Kier alpha value is -1.29. The molecule has 1 aliphatic carbocycles. The maximum atomic E-state index is 10.6. The Balaban J connectivity index is 2.13. The molecule has 2 rings (SSSR count). The number of furan rings is 1. The lowest BCUT2D eigenvalue weighted by atomic mass is 10.2. The minimum absolute atomic E-state index is 0.339. The van der Waals surface area contributed by atoms with Gasteiger partial charge in [0.1, 0.15) is 11.5 Å². The molecule has 1 fully saturated rings. The van der Waals surface area contributed by atoms with Crippen LogP contribution in [0.2, 0.25) is 0 Å². The average Bonchev–Trinajstić information content (AvgIpc) is 2.67. The molecule has 76 valence electrons. The first-order valence-electron chi connectivity index (χ1n) is 4.67. The molecule has 0 bridgehead atoms. The molecular weight excluding hydrogens is 182 g/mol. The Bertz CT molecular complexity index is 358. The Kier molecular flexibility index (Phi) is 2.07. The second-order valence-corrected chi connectivity index (χ2v) is 3.88. The van der Waals surface area contributed by atoms with Crippen molar-refractivity contribution in [1.82, 2.24) is 0 Å². The minimum atomic E-state index is -1.06. The van der Waals surface area contributed by atoms with Crippen LogP contribution in [0.3, 0.4) is 0 Å². The van der Waals surface area contributed by atoms with Crippen LogP contribution in [0.1, 0.15) is 36.8 Å². The number of hydrogen-bond acceptors (Lipinski definition) is 3. The number of aliphatic carboxylic acids is 1. The predicted octanol–water partition coefficient (Wildman–Crippen LogP) is 1.49. The van der Waals surface area contributed by atoms with Crippen molar-refractivity contribution in [3.8, 4) is 0 Å². The van der Waals surface area contributed by atoms with Crippen LogP contribution in [-0.4, -0.2) is 11.1 Å². The highest BCUT2D eigenvalue weighted by atomic mass is 16.4. The molecule has 1 saturated carbocycles. The number of carboxylic acid groups (broad SMARTS) is 1. The Morgan fingerprint density at radius 1 is 1.71 bits per heavy atom. The van der Waals surface area contributed by atoms with Crippen LogP contribution in [0.25, 0.3) is 0 Å². The highest BCUT2D eigenvalue weighted by Gasteiger charge is 2.37. The zero-order valence-electron chi connectivity index (χ0n) is 7.93. The van der Waals surface area contributed by atoms with Crippen LogP contribution in [0.5, 0.6) is 0 Å². The molecule has 3 unspecified atom stereocenters. The maximum Gasteiger partial charge on any atom is 0.328 e. The number of carbonyl (C=O) groups is 1. The van der Waals surface area contributed by atoms with E-state index >= 15 is 0 Å². The SMILES string of the molecule is CC1CC1c1ccc(C(N)C(=O)O)o1. The molecule has 0 spiro atoms. The number of carboxylic acids is 1. The van der Waals surface area contributed by atoms with Gasteiger partial charge in [-0.25, -0.2) is 0 Å². The van der Waals surface area contributed by atoms with E-state index in [1.165, 1.54) is 0 Å². The Morgan fingerprint density at radius 2 is 2.36 bits per heavy atom. The van der Waals surface area contributed by atoms with E-state index in [0.717, 1.165) is 12.2 Å². The average molecular weight is 195 g/mol. The lowest BCUT2D eigenvalue weighted by Gasteiger charge is -2.01. The van der Waals surface area contributed by atoms with E-state index in [1.54, 1.807) is 6.07 Å². The van der Waals surface area contributed by atoms with Crippen LogP contribution in [0.4, 0.5) is 0 Å². The van der Waals surface area contributed by atoms with Crippen molar-refractivity contribution in [3.05, 3.63) is 23.7 Å². The zero-order valence-corrected chi connectivity index (χ0v) is 7.93. The van der Waals surface area contributed by atoms with Gasteiger partial charge < -0.3 is 15.3 Å². The summed E-state index contributed by atoms with van der Waals surface area (Å²) < 4.78 is 5.40. The van der Waals surface area contributed by atoms with Gasteiger partial charge in [-0.1, -0.05) is 6.92 Å². The van der Waals surface area contributed by atoms with Crippen molar-refractivity contribution < 1.29 is 14.3 Å². The van der Waals surface area contributed by atoms with Gasteiger partial charge in [-0.15, -0.1) is 0 Å². The van der Waals surface area contributed by atoms with E-state index in [9.17, 15) is 4.79 Å². The largest absolute Gasteiger partial charge is 0.480 e. The lowest BCUT2D eigenvalue weighted by Crippen LogP contribution is -2.19. The minimum Gasteiger partial charge on any atom is -0.480 e. The first-order valence-corrected chi connectivity index (χ1v) is 4.67. The van der Waals surface area contributed by atoms with E-state index < -0.39 is 12.0 Å². The highest BCUT2D eigenvalue weighted by Crippen LogP contribution is 2.47. The summed E-state index contributed by atoms with van der Waals surface area (Å²) in [6.07, 6.45) is 1.12. The fraction of sp³-hybridized carbons (Fsp3) is 0.500. The number of rotatable bonds is 3. The van der Waals surface area contributed by atoms with Crippen molar-refractivity contribution in [3.63, 3.8) is 0 Å². The summed E-state index contributed by atoms with van der Waals surface area (Å²) in [5, 5.41) is 8.67. The third kappa shape index (κ3) is 1.53. The van der Waals surface area contributed by atoms with Crippen LogP contribution in [0, 0.1) is 5.92 Å². The van der Waals surface area contributed by atoms with Gasteiger partial charge >= 0.3 is 5.97 Å². The third-order valence-electron chi connectivity index (χ3n) is 2.70. The van der Waals surface area contributed by atoms with Crippen LogP contribution in [0.15, 0.2) is 16.5 Å². The van der Waals surface area contributed by atoms with Gasteiger partial charge in [-0.05, 0) is 24.5 Å². The van der Waals surface area contributed by atoms with Gasteiger partial charge in [0.25, 0.3) is 0 Å². The van der Waals surface area contributed by atoms with E-state index in [-0.39, 0.29) is 0 Å². The van der Waals surface area contributed by atoms with Crippen molar-refractivity contribution in [2.75, 3.05) is 0 Å². The fourth-order valence-corrected chi connectivity index (χ4v) is 1.58. The molecule has 4 heteroatoms. The van der Waals surface area contributed by atoms with E-state index in [0.29, 0.717) is 17.6 Å². The molecule has 1 aliphatic rings. The summed E-state index contributed by atoms with van der Waals surface area (Å²) in [6, 6.07) is 2.43. The summed E-state index contributed by atoms with van der Waals surface area (Å²) in [6.45, 7) is 2.14. The maximum absolute atomic E-state index is 10.6. The molecule has 1 heterocycles. The van der Waals surface area contributed by atoms with Gasteiger partial charge in [-0.2, -0.15) is 0 Å². The normalized spacial score (nSPS) is 27.3. The lowest BCUT2D eigenvalue weighted by molar-refractivity contribution is -0.139. The molecule has 0 saturated heterocycles. The monoisotopic (exact) mass is 195 g/mol. The quantitative estimate of drug-likeness (QED) is 0.766. The number of hydrogen-bond donors (Lipinski definition) is 2. The molecule has 14 heavy (non-hydrogen) atoms. The molecule has 0 aromatic carbocycles. The van der Waals surface area contributed by atoms with Crippen LogP contribution < -0.4 is 5.73 Å². The topological polar surface area (TPSA) is 76.5 Å². The molecule has 0 amide bonds.